The Morgan fingerprint density at radius 3 is 1.95 bits per heavy atom. The van der Waals surface area contributed by atoms with Gasteiger partial charge in [-0.3, -0.25) is 0 Å². The van der Waals surface area contributed by atoms with Crippen LogP contribution in [0.4, 0.5) is 5.69 Å². The summed E-state index contributed by atoms with van der Waals surface area (Å²) in [7, 11) is 3.83. The number of benzene rings is 1. The Labute approximate surface area is 117 Å². The first kappa shape index (κ1) is 14.4. The van der Waals surface area contributed by atoms with E-state index in [-0.39, 0.29) is 18.3 Å². The molecule has 1 aliphatic heterocycles. The van der Waals surface area contributed by atoms with Gasteiger partial charge >= 0.3 is 7.12 Å². The third kappa shape index (κ3) is 2.52. The minimum atomic E-state index is -0.286. The van der Waals surface area contributed by atoms with Gasteiger partial charge in [0.2, 0.25) is 0 Å². The molecule has 0 unspecified atom stereocenters. The summed E-state index contributed by atoms with van der Waals surface area (Å²) in [5, 5.41) is 0. The van der Waals surface area contributed by atoms with Crippen LogP contribution in [0, 0.1) is 6.92 Å². The molecule has 0 amide bonds. The van der Waals surface area contributed by atoms with Crippen molar-refractivity contribution in [2.45, 2.75) is 45.8 Å². The van der Waals surface area contributed by atoms with Gasteiger partial charge in [-0.2, -0.15) is 0 Å². The molecule has 0 bridgehead atoms. The van der Waals surface area contributed by atoms with Gasteiger partial charge in [-0.15, -0.1) is 0 Å². The Balaban J connectivity index is 2.28. The quantitative estimate of drug-likeness (QED) is 0.763. The van der Waals surface area contributed by atoms with E-state index in [0.29, 0.717) is 0 Å². The summed E-state index contributed by atoms with van der Waals surface area (Å²) in [6.07, 6.45) is 0. The molecule has 1 fully saturated rings. The van der Waals surface area contributed by atoms with Crippen LogP contribution >= 0.6 is 0 Å². The molecule has 0 atom stereocenters. The number of hydrogen-bond acceptors (Lipinski definition) is 3. The molecular formula is C15H24BNO2. The highest BCUT2D eigenvalue weighted by molar-refractivity contribution is 6.62. The molecular weight excluding hydrogens is 237 g/mol. The summed E-state index contributed by atoms with van der Waals surface area (Å²) >= 11 is 0. The first-order chi connectivity index (χ1) is 8.64. The molecule has 1 aromatic rings. The highest BCUT2D eigenvalue weighted by atomic mass is 16.7. The van der Waals surface area contributed by atoms with Crippen molar-refractivity contribution >= 4 is 18.3 Å². The lowest BCUT2D eigenvalue weighted by Crippen LogP contribution is -2.41. The Kier molecular flexibility index (Phi) is 3.44. The van der Waals surface area contributed by atoms with Crippen LogP contribution in [0.5, 0.6) is 0 Å². The van der Waals surface area contributed by atoms with Crippen LogP contribution in [0.1, 0.15) is 33.3 Å². The predicted octanol–water partition coefficient (Wildman–Crippen LogP) is 2.36. The zero-order valence-electron chi connectivity index (χ0n) is 13.1. The number of nitrogens with zero attached hydrogens (tertiary/aromatic N) is 1. The highest BCUT2D eigenvalue weighted by Crippen LogP contribution is 2.36. The van der Waals surface area contributed by atoms with E-state index in [2.05, 4.69) is 71.8 Å². The van der Waals surface area contributed by atoms with Crippen molar-refractivity contribution in [3.8, 4) is 0 Å². The summed E-state index contributed by atoms with van der Waals surface area (Å²) in [4.78, 5) is 2.11. The second-order valence-electron chi connectivity index (χ2n) is 6.53. The molecule has 3 nitrogen and oxygen atoms in total. The molecule has 0 radical (unpaired) electrons. The molecule has 104 valence electrons. The first-order valence-electron chi connectivity index (χ1n) is 6.77. The Hall–Kier alpha value is -0.995. The fourth-order valence-corrected chi connectivity index (χ4v) is 2.31. The second-order valence-corrected chi connectivity index (χ2v) is 6.53. The van der Waals surface area contributed by atoms with Crippen LogP contribution in [0.2, 0.25) is 0 Å². The summed E-state index contributed by atoms with van der Waals surface area (Å²) < 4.78 is 12.1. The van der Waals surface area contributed by atoms with Crippen LogP contribution < -0.4 is 10.4 Å². The van der Waals surface area contributed by atoms with E-state index in [4.69, 9.17) is 9.31 Å². The van der Waals surface area contributed by atoms with Gasteiger partial charge in [-0.05, 0) is 51.7 Å². The van der Waals surface area contributed by atoms with E-state index in [1.165, 1.54) is 11.3 Å². The lowest BCUT2D eigenvalue weighted by atomic mass is 9.78. The Morgan fingerprint density at radius 1 is 1.00 bits per heavy atom. The summed E-state index contributed by atoms with van der Waals surface area (Å²) in [5.41, 5.74) is 2.97. The topological polar surface area (TPSA) is 21.7 Å². The standard InChI is InChI=1S/C15H24BNO2/c1-11-10-12(8-9-13(11)17(6)7)16-18-14(2,3)15(4,5)19-16/h8-10H,1-7H3. The van der Waals surface area contributed by atoms with Gasteiger partial charge in [0.05, 0.1) is 11.2 Å². The number of rotatable bonds is 2. The van der Waals surface area contributed by atoms with Crippen molar-refractivity contribution in [2.75, 3.05) is 19.0 Å². The van der Waals surface area contributed by atoms with E-state index >= 15 is 0 Å². The normalized spacial score (nSPS) is 20.7. The van der Waals surface area contributed by atoms with E-state index in [0.717, 1.165) is 5.46 Å². The fourth-order valence-electron chi connectivity index (χ4n) is 2.31. The van der Waals surface area contributed by atoms with Gasteiger partial charge in [-0.1, -0.05) is 12.1 Å². The lowest BCUT2D eigenvalue weighted by molar-refractivity contribution is 0.00578. The maximum Gasteiger partial charge on any atom is 0.494 e. The monoisotopic (exact) mass is 261 g/mol. The van der Waals surface area contributed by atoms with Crippen molar-refractivity contribution in [1.29, 1.82) is 0 Å². The lowest BCUT2D eigenvalue weighted by Gasteiger charge is -2.32. The maximum atomic E-state index is 6.07. The Morgan fingerprint density at radius 2 is 1.53 bits per heavy atom. The minimum Gasteiger partial charge on any atom is -0.399 e. The molecule has 19 heavy (non-hydrogen) atoms. The SMILES string of the molecule is Cc1cc(B2OC(C)(C)C(C)(C)O2)ccc1N(C)C. The molecule has 1 saturated heterocycles. The van der Waals surface area contributed by atoms with E-state index < -0.39 is 0 Å². The van der Waals surface area contributed by atoms with Crippen LogP contribution in [-0.2, 0) is 9.31 Å². The highest BCUT2D eigenvalue weighted by Gasteiger charge is 2.51. The van der Waals surface area contributed by atoms with Gasteiger partial charge in [0.15, 0.2) is 0 Å². The van der Waals surface area contributed by atoms with Gasteiger partial charge < -0.3 is 14.2 Å². The van der Waals surface area contributed by atoms with Crippen LogP contribution in [-0.4, -0.2) is 32.4 Å². The molecule has 0 N–H and O–H groups in total. The van der Waals surface area contributed by atoms with E-state index in [1.54, 1.807) is 0 Å². The molecule has 0 saturated carbocycles. The molecule has 1 heterocycles. The number of hydrogen-bond donors (Lipinski definition) is 0. The summed E-state index contributed by atoms with van der Waals surface area (Å²) in [5.74, 6) is 0. The molecule has 2 rings (SSSR count). The maximum absolute atomic E-state index is 6.07. The number of anilines is 1. The second kappa shape index (κ2) is 4.53. The minimum absolute atomic E-state index is 0.278. The molecule has 0 aliphatic carbocycles. The van der Waals surface area contributed by atoms with Gasteiger partial charge in [0.25, 0.3) is 0 Å². The van der Waals surface area contributed by atoms with Gasteiger partial charge in [0, 0.05) is 19.8 Å². The summed E-state index contributed by atoms with van der Waals surface area (Å²) in [6, 6.07) is 6.36. The fraction of sp³-hybridized carbons (Fsp3) is 0.600. The van der Waals surface area contributed by atoms with Crippen molar-refractivity contribution in [1.82, 2.24) is 0 Å². The molecule has 0 aromatic heterocycles. The van der Waals surface area contributed by atoms with Crippen LogP contribution in [0.3, 0.4) is 0 Å². The smallest absolute Gasteiger partial charge is 0.399 e. The number of aryl methyl sites for hydroxylation is 1. The average Bonchev–Trinajstić information content (AvgIpc) is 2.47. The van der Waals surface area contributed by atoms with Crippen molar-refractivity contribution in [3.63, 3.8) is 0 Å². The van der Waals surface area contributed by atoms with Gasteiger partial charge in [0.1, 0.15) is 0 Å². The van der Waals surface area contributed by atoms with Crippen molar-refractivity contribution < 1.29 is 9.31 Å². The van der Waals surface area contributed by atoms with Crippen LogP contribution in [0.15, 0.2) is 18.2 Å². The van der Waals surface area contributed by atoms with E-state index in [1.807, 2.05) is 0 Å². The van der Waals surface area contributed by atoms with E-state index in [9.17, 15) is 0 Å². The third-order valence-electron chi connectivity index (χ3n) is 4.23. The first-order valence-corrected chi connectivity index (χ1v) is 6.77. The average molecular weight is 261 g/mol. The molecule has 0 spiro atoms. The largest absolute Gasteiger partial charge is 0.494 e. The Bertz CT molecular complexity index is 467. The zero-order valence-corrected chi connectivity index (χ0v) is 13.1. The van der Waals surface area contributed by atoms with Crippen molar-refractivity contribution in [2.24, 2.45) is 0 Å². The third-order valence-corrected chi connectivity index (χ3v) is 4.23. The van der Waals surface area contributed by atoms with Gasteiger partial charge in [-0.25, -0.2) is 0 Å². The summed E-state index contributed by atoms with van der Waals surface area (Å²) in [6.45, 7) is 10.4. The van der Waals surface area contributed by atoms with Crippen molar-refractivity contribution in [3.05, 3.63) is 23.8 Å². The zero-order chi connectivity index (χ0) is 14.4. The molecule has 1 aliphatic rings. The molecule has 1 aromatic carbocycles. The van der Waals surface area contributed by atoms with Crippen LogP contribution in [0.25, 0.3) is 0 Å². The predicted molar refractivity (Wildman–Crippen MR) is 81.2 cm³/mol. The molecule has 4 heteroatoms.